The number of aryl methyl sites for hydroxylation is 1. The highest BCUT2D eigenvalue weighted by Crippen LogP contribution is 2.18. The lowest BCUT2D eigenvalue weighted by atomic mass is 10.2. The van der Waals surface area contributed by atoms with Crippen LogP contribution in [0.1, 0.15) is 21.5 Å². The maximum atomic E-state index is 13.8. The number of amides is 1. The zero-order valence-electron chi connectivity index (χ0n) is 13.0. The van der Waals surface area contributed by atoms with Gasteiger partial charge in [0.05, 0.1) is 24.0 Å². The molecule has 0 aliphatic heterocycles. The zero-order valence-corrected chi connectivity index (χ0v) is 13.7. The van der Waals surface area contributed by atoms with Crippen molar-refractivity contribution in [2.24, 2.45) is 0 Å². The van der Waals surface area contributed by atoms with Gasteiger partial charge in [0.1, 0.15) is 5.82 Å². The molecule has 1 N–H and O–H groups in total. The van der Waals surface area contributed by atoms with Crippen LogP contribution in [0.15, 0.2) is 54.9 Å². The molecule has 0 spiro atoms. The van der Waals surface area contributed by atoms with Gasteiger partial charge in [0.2, 0.25) is 0 Å². The number of carbonyl (C=O) groups excluding carboxylic acids is 1. The summed E-state index contributed by atoms with van der Waals surface area (Å²) in [5, 5.41) is 7.34. The molecule has 0 aliphatic carbocycles. The van der Waals surface area contributed by atoms with Crippen LogP contribution in [0.5, 0.6) is 0 Å². The summed E-state index contributed by atoms with van der Waals surface area (Å²) in [7, 11) is 0. The summed E-state index contributed by atoms with van der Waals surface area (Å²) in [6.45, 7) is 2.24. The lowest BCUT2D eigenvalue weighted by Gasteiger charge is -2.06. The number of hydrogen-bond acceptors (Lipinski definition) is 2. The third-order valence-electron chi connectivity index (χ3n) is 3.56. The van der Waals surface area contributed by atoms with E-state index >= 15 is 0 Å². The Morgan fingerprint density at radius 3 is 2.83 bits per heavy atom. The van der Waals surface area contributed by atoms with Crippen LogP contribution in [0.25, 0.3) is 0 Å². The van der Waals surface area contributed by atoms with Gasteiger partial charge in [0.25, 0.3) is 5.91 Å². The number of nitrogens with zero attached hydrogens (tertiary/aromatic N) is 2. The molecule has 0 fully saturated rings. The summed E-state index contributed by atoms with van der Waals surface area (Å²) >= 11 is 6.12. The fourth-order valence-electron chi connectivity index (χ4n) is 2.28. The monoisotopic (exact) mass is 343 g/mol. The Kier molecular flexibility index (Phi) is 4.62. The van der Waals surface area contributed by atoms with E-state index in [0.29, 0.717) is 17.1 Å². The second kappa shape index (κ2) is 6.84. The third-order valence-corrected chi connectivity index (χ3v) is 3.93. The molecule has 6 heteroatoms. The van der Waals surface area contributed by atoms with Gasteiger partial charge in [-0.2, -0.15) is 5.10 Å². The van der Waals surface area contributed by atoms with Crippen LogP contribution in [0.2, 0.25) is 5.02 Å². The number of hydrogen-bond donors (Lipinski definition) is 1. The van der Waals surface area contributed by atoms with Gasteiger partial charge in [-0.15, -0.1) is 0 Å². The number of carbonyl (C=O) groups is 1. The maximum absolute atomic E-state index is 13.8. The SMILES string of the molecule is Cc1ccc(NC(=O)c2cnn(Cc3ccccc3Cl)c2)c(F)c1. The Balaban J connectivity index is 1.73. The minimum Gasteiger partial charge on any atom is -0.319 e. The van der Waals surface area contributed by atoms with Gasteiger partial charge in [0, 0.05) is 11.2 Å². The molecular weight excluding hydrogens is 329 g/mol. The summed E-state index contributed by atoms with van der Waals surface area (Å²) in [5.41, 5.74) is 2.18. The number of nitrogens with one attached hydrogen (secondary N) is 1. The van der Waals surface area contributed by atoms with Crippen molar-refractivity contribution in [2.75, 3.05) is 5.32 Å². The molecule has 1 amide bonds. The van der Waals surface area contributed by atoms with E-state index in [0.717, 1.165) is 11.1 Å². The van der Waals surface area contributed by atoms with Crippen molar-refractivity contribution in [2.45, 2.75) is 13.5 Å². The van der Waals surface area contributed by atoms with E-state index in [-0.39, 0.29) is 5.69 Å². The van der Waals surface area contributed by atoms with Gasteiger partial charge in [-0.05, 0) is 36.2 Å². The van der Waals surface area contributed by atoms with Gasteiger partial charge < -0.3 is 5.32 Å². The van der Waals surface area contributed by atoms with Crippen molar-refractivity contribution < 1.29 is 9.18 Å². The molecule has 3 aromatic rings. The van der Waals surface area contributed by atoms with Crippen LogP contribution < -0.4 is 5.32 Å². The summed E-state index contributed by atoms with van der Waals surface area (Å²) in [6, 6.07) is 12.1. The predicted octanol–water partition coefficient (Wildman–Crippen LogP) is 4.28. The summed E-state index contributed by atoms with van der Waals surface area (Å²) < 4.78 is 15.4. The minimum atomic E-state index is -0.466. The van der Waals surface area contributed by atoms with Gasteiger partial charge >= 0.3 is 0 Å². The number of benzene rings is 2. The van der Waals surface area contributed by atoms with Crippen LogP contribution in [0, 0.1) is 12.7 Å². The van der Waals surface area contributed by atoms with Gasteiger partial charge in [-0.25, -0.2) is 4.39 Å². The largest absolute Gasteiger partial charge is 0.319 e. The second-order valence-corrected chi connectivity index (χ2v) is 5.86. The zero-order chi connectivity index (χ0) is 17.1. The topological polar surface area (TPSA) is 46.9 Å². The molecule has 1 aromatic heterocycles. The van der Waals surface area contributed by atoms with E-state index in [2.05, 4.69) is 10.4 Å². The van der Waals surface area contributed by atoms with Crippen LogP contribution >= 0.6 is 11.6 Å². The fraction of sp³-hybridized carbons (Fsp3) is 0.111. The first kappa shape index (κ1) is 16.2. The first-order chi connectivity index (χ1) is 11.5. The molecule has 0 saturated heterocycles. The van der Waals surface area contributed by atoms with E-state index in [1.165, 1.54) is 18.3 Å². The molecule has 0 unspecified atom stereocenters. The maximum Gasteiger partial charge on any atom is 0.258 e. The van der Waals surface area contributed by atoms with Crippen molar-refractivity contribution in [1.82, 2.24) is 9.78 Å². The first-order valence-electron chi connectivity index (χ1n) is 7.36. The van der Waals surface area contributed by atoms with E-state index in [4.69, 9.17) is 11.6 Å². The smallest absolute Gasteiger partial charge is 0.258 e. The fourth-order valence-corrected chi connectivity index (χ4v) is 2.48. The molecule has 0 bridgehead atoms. The van der Waals surface area contributed by atoms with E-state index in [1.54, 1.807) is 29.9 Å². The van der Waals surface area contributed by atoms with Crippen molar-refractivity contribution in [1.29, 1.82) is 0 Å². The number of aromatic nitrogens is 2. The lowest BCUT2D eigenvalue weighted by molar-refractivity contribution is 0.102. The standard InChI is InChI=1S/C18H15ClFN3O/c1-12-6-7-17(16(20)8-12)22-18(24)14-9-21-23(11-14)10-13-4-2-3-5-15(13)19/h2-9,11H,10H2,1H3,(H,22,24). The minimum absolute atomic E-state index is 0.143. The Morgan fingerprint density at radius 2 is 2.08 bits per heavy atom. The molecule has 24 heavy (non-hydrogen) atoms. The molecular formula is C18H15ClFN3O. The van der Waals surface area contributed by atoms with Crippen LogP contribution in [-0.2, 0) is 6.54 Å². The van der Waals surface area contributed by atoms with Crippen LogP contribution in [0.3, 0.4) is 0 Å². The normalized spacial score (nSPS) is 10.6. The Hall–Kier alpha value is -2.66. The first-order valence-corrected chi connectivity index (χ1v) is 7.74. The van der Waals surface area contributed by atoms with Gasteiger partial charge in [-0.1, -0.05) is 35.9 Å². The van der Waals surface area contributed by atoms with E-state index in [9.17, 15) is 9.18 Å². The number of anilines is 1. The quantitative estimate of drug-likeness (QED) is 0.768. The molecule has 0 atom stereocenters. The predicted molar refractivity (Wildman–Crippen MR) is 91.9 cm³/mol. The van der Waals surface area contributed by atoms with E-state index in [1.807, 2.05) is 18.2 Å². The average Bonchev–Trinajstić information content (AvgIpc) is 3.01. The van der Waals surface area contributed by atoms with Crippen molar-refractivity contribution in [3.63, 3.8) is 0 Å². The summed E-state index contributed by atoms with van der Waals surface area (Å²) in [6.07, 6.45) is 3.04. The lowest BCUT2D eigenvalue weighted by Crippen LogP contribution is -2.12. The molecule has 2 aromatic carbocycles. The Labute approximate surface area is 143 Å². The number of halogens is 2. The van der Waals surface area contributed by atoms with Gasteiger partial charge in [-0.3, -0.25) is 9.48 Å². The highest BCUT2D eigenvalue weighted by molar-refractivity contribution is 6.31. The highest BCUT2D eigenvalue weighted by Gasteiger charge is 2.12. The Morgan fingerprint density at radius 1 is 1.29 bits per heavy atom. The van der Waals surface area contributed by atoms with Crippen molar-refractivity contribution >= 4 is 23.2 Å². The molecule has 122 valence electrons. The summed E-state index contributed by atoms with van der Waals surface area (Å²) in [4.78, 5) is 12.2. The highest BCUT2D eigenvalue weighted by atomic mass is 35.5. The van der Waals surface area contributed by atoms with E-state index < -0.39 is 11.7 Å². The molecule has 3 rings (SSSR count). The van der Waals surface area contributed by atoms with Crippen LogP contribution in [0.4, 0.5) is 10.1 Å². The Bertz CT molecular complexity index is 891. The average molecular weight is 344 g/mol. The third kappa shape index (κ3) is 3.63. The molecule has 0 saturated carbocycles. The van der Waals surface area contributed by atoms with Crippen molar-refractivity contribution in [3.8, 4) is 0 Å². The molecule has 0 aliphatic rings. The van der Waals surface area contributed by atoms with Gasteiger partial charge in [0.15, 0.2) is 0 Å². The molecule has 4 nitrogen and oxygen atoms in total. The van der Waals surface area contributed by atoms with Crippen molar-refractivity contribution in [3.05, 3.63) is 82.4 Å². The second-order valence-electron chi connectivity index (χ2n) is 5.46. The molecule has 1 heterocycles. The summed E-state index contributed by atoms with van der Waals surface area (Å²) in [5.74, 6) is -0.880. The van der Waals surface area contributed by atoms with Crippen LogP contribution in [-0.4, -0.2) is 15.7 Å². The number of rotatable bonds is 4. The molecule has 0 radical (unpaired) electrons.